The standard InChI is InChI=1S/2C2H3NO4.2C2H2O4.6H2O.2Sm/c2*3-7-2(6)1(4)5;2*3-1(4)2(5)6;;;;;;;;/h2*3H3;2*(H,3,4)(H,5,6);6*1H2;;/p+2. The van der Waals surface area contributed by atoms with Crippen LogP contribution in [-0.4, -0.2) is 111 Å². The summed E-state index contributed by atoms with van der Waals surface area (Å²) in [6, 6.07) is 0. The van der Waals surface area contributed by atoms with Crippen molar-refractivity contribution >= 4 is 47.8 Å². The van der Waals surface area contributed by atoms with Gasteiger partial charge in [0.15, 0.2) is 0 Å². The molecule has 0 unspecified atom stereocenters. The molecule has 0 bridgehead atoms. The molecule has 0 aliphatic carbocycles. The molecule has 0 aliphatic rings. The molecule has 0 saturated carbocycles. The normalized spacial score (nSPS) is 5.71. The SMILES string of the molecule is O.O.O.O.O.O.O=C(O)C(=O)O.O=C(O)C(=O)O.[NH3+]OC(=O)C(=O)O.[NH3+]OC(=O)C(=O)O.[Sm].[Sm]. The van der Waals surface area contributed by atoms with Crippen molar-refractivity contribution in [1.82, 2.24) is 0 Å². The van der Waals surface area contributed by atoms with Gasteiger partial charge in [-0.25, -0.2) is 38.4 Å². The Morgan fingerprint density at radius 3 is 0.500 bits per heavy atom. The quantitative estimate of drug-likeness (QED) is 0.0833. The molecule has 0 atom stereocenters. The molecular formula is C8H24N2O22Sm2+2. The Morgan fingerprint density at radius 2 is 0.500 bits per heavy atom. The molecular weight excluding hydrogens is 777 g/mol. The Balaban J connectivity index is -0.0000000176. The van der Waals surface area contributed by atoms with E-state index in [0.29, 0.717) is 0 Å². The minimum Gasteiger partial charge on any atom is -0.473 e. The van der Waals surface area contributed by atoms with E-state index in [1.54, 1.807) is 0 Å². The van der Waals surface area contributed by atoms with E-state index in [-0.39, 0.29) is 114 Å². The van der Waals surface area contributed by atoms with Crippen molar-refractivity contribution in [2.45, 2.75) is 0 Å². The fourth-order valence-electron chi connectivity index (χ4n) is 0.123. The van der Waals surface area contributed by atoms with Crippen LogP contribution in [0.4, 0.5) is 0 Å². The van der Waals surface area contributed by atoms with E-state index < -0.39 is 47.8 Å². The van der Waals surface area contributed by atoms with Crippen molar-refractivity contribution in [2.24, 2.45) is 0 Å². The summed E-state index contributed by atoms with van der Waals surface area (Å²) in [6.45, 7) is 0. The Labute approximate surface area is 249 Å². The van der Waals surface area contributed by atoms with E-state index in [1.165, 1.54) is 0 Å². The summed E-state index contributed by atoms with van der Waals surface area (Å²) < 4.78 is 0. The molecule has 0 fully saturated rings. The number of hydrogen-bond donors (Lipinski definition) is 8. The van der Waals surface area contributed by atoms with Crippen molar-refractivity contribution in [2.75, 3.05) is 0 Å². The second-order valence-electron chi connectivity index (χ2n) is 2.69. The Bertz CT molecular complexity index is 505. The Morgan fingerprint density at radius 1 is 0.382 bits per heavy atom. The number of aliphatic carboxylic acids is 6. The van der Waals surface area contributed by atoms with Crippen LogP contribution in [-0.2, 0) is 48.0 Å². The summed E-state index contributed by atoms with van der Waals surface area (Å²) in [7, 11) is 0. The van der Waals surface area contributed by atoms with E-state index in [2.05, 4.69) is 21.5 Å². The van der Waals surface area contributed by atoms with E-state index in [9.17, 15) is 19.2 Å². The Kier molecular flexibility index (Phi) is 110. The van der Waals surface area contributed by atoms with Gasteiger partial charge in [0.1, 0.15) is 0 Å². The van der Waals surface area contributed by atoms with Crippen LogP contribution in [0, 0.1) is 80.8 Å². The van der Waals surface area contributed by atoms with Gasteiger partial charge in [0.05, 0.1) is 0 Å². The molecule has 0 heterocycles. The molecule has 0 radical (unpaired) electrons. The summed E-state index contributed by atoms with van der Waals surface area (Å²) in [5.41, 5.74) is 0. The molecule has 0 aromatic heterocycles. The van der Waals surface area contributed by atoms with Crippen molar-refractivity contribution < 1.29 is 204 Å². The van der Waals surface area contributed by atoms with E-state index in [1.807, 2.05) is 0 Å². The molecule has 24 nitrogen and oxygen atoms in total. The number of rotatable bonds is 0. The van der Waals surface area contributed by atoms with Gasteiger partial charge < -0.3 is 63.5 Å². The molecule has 0 saturated heterocycles. The van der Waals surface area contributed by atoms with Crippen LogP contribution in [0.3, 0.4) is 0 Å². The van der Waals surface area contributed by atoms with Gasteiger partial charge in [-0.15, -0.1) is 0 Å². The maximum absolute atomic E-state index is 9.63. The van der Waals surface area contributed by atoms with E-state index in [0.717, 1.165) is 0 Å². The van der Waals surface area contributed by atoms with Crippen LogP contribution >= 0.6 is 0 Å². The van der Waals surface area contributed by atoms with Crippen molar-refractivity contribution in [3.8, 4) is 0 Å². The Hall–Kier alpha value is -1.88. The topological polar surface area (TPSA) is 521 Å². The van der Waals surface area contributed by atoms with Crippen molar-refractivity contribution in [1.29, 1.82) is 0 Å². The third kappa shape index (κ3) is 77.8. The zero-order valence-corrected chi connectivity index (χ0v) is 21.2. The summed E-state index contributed by atoms with van der Waals surface area (Å²) in [5, 5.41) is 44.9. The number of carboxylic acids is 6. The molecule has 0 aromatic carbocycles. The first-order valence-electron chi connectivity index (χ1n) is 4.96. The number of hydrogen-bond acceptors (Lipinski definition) is 10. The second-order valence-corrected chi connectivity index (χ2v) is 2.69. The number of carbonyl (C=O) groups is 8. The largest absolute Gasteiger partial charge is 0.473 e. The molecule has 26 heteroatoms. The predicted molar refractivity (Wildman–Crippen MR) is 85.5 cm³/mol. The second kappa shape index (κ2) is 48.5. The van der Waals surface area contributed by atoms with Crippen LogP contribution in [0.2, 0.25) is 0 Å². The average molecular weight is 801 g/mol. The summed E-state index contributed by atoms with van der Waals surface area (Å²) in [4.78, 5) is 81.5. The first kappa shape index (κ1) is 76.8. The molecule has 24 N–H and O–H groups in total. The first-order chi connectivity index (χ1) is 11.6. The first-order valence-corrected chi connectivity index (χ1v) is 4.96. The summed E-state index contributed by atoms with van der Waals surface area (Å²) >= 11 is 0. The number of carbonyl (C=O) groups excluding carboxylic acids is 2. The van der Waals surface area contributed by atoms with Crippen LogP contribution in [0.1, 0.15) is 0 Å². The van der Waals surface area contributed by atoms with Gasteiger partial charge in [-0.05, 0) is 0 Å². The molecule has 0 aromatic rings. The van der Waals surface area contributed by atoms with Gasteiger partial charge in [-0.1, -0.05) is 0 Å². The summed E-state index contributed by atoms with van der Waals surface area (Å²) in [6.07, 6.45) is 0. The zero-order valence-electron chi connectivity index (χ0n) is 16.0. The smallest absolute Gasteiger partial charge is 0.473 e. The maximum atomic E-state index is 9.63. The molecule has 34 heavy (non-hydrogen) atoms. The van der Waals surface area contributed by atoms with E-state index in [4.69, 9.17) is 49.8 Å². The molecule has 0 spiro atoms. The van der Waals surface area contributed by atoms with Gasteiger partial charge in [0, 0.05) is 80.8 Å². The minimum atomic E-state index is -1.82. The monoisotopic (exact) mass is 804 g/mol. The van der Waals surface area contributed by atoms with Crippen molar-refractivity contribution in [3.05, 3.63) is 0 Å². The van der Waals surface area contributed by atoms with Gasteiger partial charge in [-0.2, -0.15) is 11.8 Å². The predicted octanol–water partition coefficient (Wildman–Crippen LogP) is -11.1. The van der Waals surface area contributed by atoms with E-state index >= 15 is 0 Å². The fourth-order valence-corrected chi connectivity index (χ4v) is 0.123. The third-order valence-electron chi connectivity index (χ3n) is 0.977. The molecule has 208 valence electrons. The van der Waals surface area contributed by atoms with Crippen molar-refractivity contribution in [3.63, 3.8) is 0 Å². The molecule has 0 aliphatic heterocycles. The van der Waals surface area contributed by atoms with Gasteiger partial charge >= 0.3 is 47.8 Å². The molecule has 0 rings (SSSR count). The van der Waals surface area contributed by atoms with Gasteiger partial charge in [-0.3, -0.25) is 9.68 Å². The van der Waals surface area contributed by atoms with Crippen LogP contribution in [0.25, 0.3) is 0 Å². The molecule has 0 amide bonds. The summed E-state index contributed by atoms with van der Waals surface area (Å²) in [5.74, 6) is -8.10. The maximum Gasteiger partial charge on any atom is 0.473 e. The van der Waals surface area contributed by atoms with Crippen LogP contribution in [0.15, 0.2) is 0 Å². The van der Waals surface area contributed by atoms with Crippen LogP contribution in [0.5, 0.6) is 0 Å². The minimum absolute atomic E-state index is 0. The number of quaternary nitrogens is 2. The average Bonchev–Trinajstić information content (AvgIpc) is 2.54. The third-order valence-corrected chi connectivity index (χ3v) is 0.977. The van der Waals surface area contributed by atoms with Crippen LogP contribution < -0.4 is 11.8 Å². The zero-order chi connectivity index (χ0) is 22.0. The van der Waals surface area contributed by atoms with Gasteiger partial charge in [0.2, 0.25) is 0 Å². The fraction of sp³-hybridized carbons (Fsp3) is 0. The van der Waals surface area contributed by atoms with Gasteiger partial charge in [0.25, 0.3) is 0 Å². The number of carboxylic acid groups (broad SMARTS) is 6.